The number of piperidine rings is 2. The number of nitrogens with one attached hydrogen (secondary N) is 2. The Morgan fingerprint density at radius 3 is 2.29 bits per heavy atom. The summed E-state index contributed by atoms with van der Waals surface area (Å²) in [6.45, 7) is 9.66. The van der Waals surface area contributed by atoms with Gasteiger partial charge in [0.2, 0.25) is 23.6 Å². The van der Waals surface area contributed by atoms with Gasteiger partial charge in [0, 0.05) is 108 Å². The van der Waals surface area contributed by atoms with Crippen LogP contribution in [0.4, 0.5) is 28.9 Å². The molecule has 6 aliphatic heterocycles. The molecule has 13 nitrogen and oxygen atoms in total. The molecule has 12 rings (SSSR count). The molecule has 5 amide bonds. The predicted molar refractivity (Wildman–Crippen MR) is 252 cm³/mol. The summed E-state index contributed by atoms with van der Waals surface area (Å²) in [5.74, 6) is -3.06. The van der Waals surface area contributed by atoms with Gasteiger partial charge in [0.15, 0.2) is 0 Å². The maximum absolute atomic E-state index is 16.6. The second-order valence-electron chi connectivity index (χ2n) is 23.1. The molecule has 4 N–H and O–H groups in total. The van der Waals surface area contributed by atoms with Gasteiger partial charge in [-0.25, -0.2) is 4.39 Å². The molecule has 2 aromatic carbocycles. The zero-order valence-electron chi connectivity index (χ0n) is 39.7. The third-order valence-corrected chi connectivity index (χ3v) is 18.3. The molecule has 70 heavy (non-hydrogen) atoms. The molecule has 7 heterocycles. The van der Waals surface area contributed by atoms with Crippen molar-refractivity contribution in [3.63, 3.8) is 0 Å². The minimum atomic E-state index is -4.70. The number of likely N-dealkylation sites (tertiary alicyclic amines) is 2. The van der Waals surface area contributed by atoms with E-state index in [0.29, 0.717) is 82.1 Å². The average Bonchev–Trinajstić information content (AvgIpc) is 3.95. The topological polar surface area (TPSA) is 161 Å². The van der Waals surface area contributed by atoms with Crippen LogP contribution in [-0.4, -0.2) is 106 Å². The van der Waals surface area contributed by atoms with Gasteiger partial charge in [-0.15, -0.1) is 0 Å². The first-order valence-electron chi connectivity index (χ1n) is 24.7. The van der Waals surface area contributed by atoms with Gasteiger partial charge in [-0.05, 0) is 111 Å². The van der Waals surface area contributed by atoms with Crippen LogP contribution in [0.5, 0.6) is 0 Å². The molecule has 5 atom stereocenters. The maximum Gasteiger partial charge on any atom is 0.433 e. The summed E-state index contributed by atoms with van der Waals surface area (Å²) < 4.78 is 58.9. The van der Waals surface area contributed by atoms with Crippen LogP contribution in [0.2, 0.25) is 5.02 Å². The molecule has 1 unspecified atom stereocenters. The van der Waals surface area contributed by atoms with Gasteiger partial charge in [-0.2, -0.15) is 13.2 Å². The molecular weight excluding hydrogens is 928 g/mol. The lowest BCUT2D eigenvalue weighted by atomic mass is 9.55. The number of primary amides is 1. The van der Waals surface area contributed by atoms with Crippen LogP contribution in [0.3, 0.4) is 0 Å². The molecule has 4 saturated heterocycles. The number of anilines is 2. The number of aromatic nitrogens is 1. The maximum atomic E-state index is 16.6. The monoisotopic (exact) mass is 986 g/mol. The summed E-state index contributed by atoms with van der Waals surface area (Å²) in [4.78, 5) is 78.8. The molecule has 0 radical (unpaired) electrons. The van der Waals surface area contributed by atoms with Crippen LogP contribution in [0, 0.1) is 22.1 Å². The van der Waals surface area contributed by atoms with Crippen molar-refractivity contribution in [1.82, 2.24) is 25.0 Å². The molecular formula is C52H59ClF4N8O5. The number of hydrogen-bond donors (Lipinski definition) is 3. The van der Waals surface area contributed by atoms with Crippen molar-refractivity contribution in [2.24, 2.45) is 22.0 Å². The van der Waals surface area contributed by atoms with Crippen LogP contribution in [0.15, 0.2) is 48.7 Å². The largest absolute Gasteiger partial charge is 0.433 e. The summed E-state index contributed by atoms with van der Waals surface area (Å²) in [5, 5.41) is 5.49. The van der Waals surface area contributed by atoms with E-state index in [2.05, 4.69) is 46.2 Å². The Bertz CT molecular complexity index is 2710. The Hall–Kier alpha value is -5.29. The summed E-state index contributed by atoms with van der Waals surface area (Å²) >= 11 is 6.47. The van der Waals surface area contributed by atoms with E-state index < -0.39 is 69.9 Å². The molecule has 3 saturated carbocycles. The highest BCUT2D eigenvalue weighted by atomic mass is 35.5. The molecule has 3 aromatic rings. The van der Waals surface area contributed by atoms with Crippen LogP contribution < -0.4 is 21.3 Å². The fourth-order valence-corrected chi connectivity index (χ4v) is 14.7. The Balaban J connectivity index is 0.813. The van der Waals surface area contributed by atoms with Gasteiger partial charge in [-0.3, -0.25) is 39.2 Å². The van der Waals surface area contributed by atoms with Crippen molar-refractivity contribution in [3.05, 3.63) is 87.4 Å². The Morgan fingerprint density at radius 2 is 1.64 bits per heavy atom. The lowest BCUT2D eigenvalue weighted by molar-refractivity contribution is -0.170. The van der Waals surface area contributed by atoms with Crippen molar-refractivity contribution in [1.29, 1.82) is 0 Å². The number of hydrogen-bond acceptors (Lipinski definition) is 9. The first kappa shape index (κ1) is 47.1. The SMILES string of the molecule is CC(C)(C)C[C@@H]1N(C23CCC(C(=O)N4CC5(CCN(c6ccc7c(c6)CN(C6CCC(=O)NC6=O)C7=O)CC5)C4)(CC2)CC3)[C@@H](C(N)=O)[C@H](c2cccc(Cl)c2F)[C@]12CNc1cc(C(F)(F)F)ncc12. The Labute approximate surface area is 409 Å². The number of rotatable bonds is 7. The molecule has 9 aliphatic rings. The molecule has 2 spiro atoms. The smallest absolute Gasteiger partial charge is 0.384 e. The second kappa shape index (κ2) is 16.1. The molecule has 1 aromatic heterocycles. The normalized spacial score (nSPS) is 31.5. The number of pyridine rings is 1. The van der Waals surface area contributed by atoms with Crippen LogP contribution in [-0.2, 0) is 37.3 Å². The number of alkyl halides is 3. The minimum absolute atomic E-state index is 0.00979. The highest BCUT2D eigenvalue weighted by molar-refractivity contribution is 6.30. The fraction of sp³-hybridized carbons (Fsp3) is 0.577. The van der Waals surface area contributed by atoms with Gasteiger partial charge < -0.3 is 25.8 Å². The number of carbonyl (C=O) groups excluding carboxylic acids is 5. The third kappa shape index (κ3) is 7.23. The average molecular weight is 988 g/mol. The minimum Gasteiger partial charge on any atom is -0.384 e. The van der Waals surface area contributed by atoms with Gasteiger partial charge in [0.1, 0.15) is 17.6 Å². The standard InChI is InChI=1S/C52H59ClF4N8O5/c1-47(2,3)23-38-51(26-60-35-22-37(52(55,56)57)59-24-33(35)51)40(32-5-4-6-34(53)41(32)54)42(43(58)67)65(38)50-14-11-49(12-15-50,13-16-50)46(70)63-27-48(28-63)17-19-62(20-18-48)30-7-8-31-29(21-30)25-64(45(31)69)36-9-10-39(66)61-44(36)68/h4-8,21-22,24,36,38,40,42,60H,9-20,23,25-28H2,1-3H3,(H2,58,67)(H,61,66,68)/t36?,38-,40-,42+,49?,50?,51-/m0/s1. The van der Waals surface area contributed by atoms with Crippen molar-refractivity contribution >= 4 is 52.5 Å². The van der Waals surface area contributed by atoms with Gasteiger partial charge in [0.25, 0.3) is 5.91 Å². The second-order valence-corrected chi connectivity index (χ2v) is 23.5. The van der Waals surface area contributed by atoms with E-state index in [1.165, 1.54) is 12.3 Å². The van der Waals surface area contributed by atoms with Gasteiger partial charge in [-0.1, -0.05) is 44.5 Å². The van der Waals surface area contributed by atoms with Gasteiger partial charge in [0.05, 0.1) is 11.1 Å². The van der Waals surface area contributed by atoms with Crippen molar-refractivity contribution in [2.45, 2.75) is 139 Å². The number of fused-ring (bicyclic) bond motifs is 6. The zero-order chi connectivity index (χ0) is 49.5. The van der Waals surface area contributed by atoms with Crippen LogP contribution >= 0.6 is 11.6 Å². The third-order valence-electron chi connectivity index (χ3n) is 18.0. The predicted octanol–water partition coefficient (Wildman–Crippen LogP) is 7.30. The van der Waals surface area contributed by atoms with E-state index in [1.807, 2.05) is 23.1 Å². The molecule has 7 fully saturated rings. The fourth-order valence-electron chi connectivity index (χ4n) is 14.6. The number of imide groups is 1. The lowest BCUT2D eigenvalue weighted by Gasteiger charge is -2.62. The first-order valence-corrected chi connectivity index (χ1v) is 25.1. The Morgan fingerprint density at radius 1 is 0.943 bits per heavy atom. The number of halogens is 5. The summed E-state index contributed by atoms with van der Waals surface area (Å²) in [6, 6.07) is 9.32. The highest BCUT2D eigenvalue weighted by Gasteiger charge is 2.70. The lowest BCUT2D eigenvalue weighted by Crippen LogP contribution is -2.68. The molecule has 18 heteroatoms. The van der Waals surface area contributed by atoms with Gasteiger partial charge >= 0.3 is 6.18 Å². The molecule has 372 valence electrons. The van der Waals surface area contributed by atoms with Crippen molar-refractivity contribution < 1.29 is 41.5 Å². The van der Waals surface area contributed by atoms with Crippen LogP contribution in [0.25, 0.3) is 0 Å². The molecule has 2 bridgehead atoms. The Kier molecular flexibility index (Phi) is 10.8. The van der Waals surface area contributed by atoms with E-state index in [0.717, 1.165) is 43.2 Å². The summed E-state index contributed by atoms with van der Waals surface area (Å²) in [5.41, 5.74) is 6.18. The highest BCUT2D eigenvalue weighted by Crippen LogP contribution is 2.66. The summed E-state index contributed by atoms with van der Waals surface area (Å²) in [7, 11) is 0. The van der Waals surface area contributed by atoms with Crippen molar-refractivity contribution in [3.8, 4) is 0 Å². The number of amides is 5. The van der Waals surface area contributed by atoms with E-state index >= 15 is 4.39 Å². The zero-order valence-corrected chi connectivity index (χ0v) is 40.4. The summed E-state index contributed by atoms with van der Waals surface area (Å²) in [6.07, 6.45) is 2.99. The number of nitrogens with zero attached hydrogens (tertiary/aromatic N) is 5. The first-order chi connectivity index (χ1) is 33.1. The van der Waals surface area contributed by atoms with E-state index in [-0.39, 0.29) is 57.8 Å². The molecule has 3 aliphatic carbocycles. The van der Waals surface area contributed by atoms with E-state index in [1.54, 1.807) is 17.0 Å². The van der Waals surface area contributed by atoms with E-state index in [9.17, 15) is 37.1 Å². The number of nitrogens with two attached hydrogens (primary N) is 1. The van der Waals surface area contributed by atoms with Crippen LogP contribution in [0.1, 0.15) is 130 Å². The van der Waals surface area contributed by atoms with Crippen molar-refractivity contribution in [2.75, 3.05) is 42.9 Å². The van der Waals surface area contributed by atoms with E-state index in [4.69, 9.17) is 17.3 Å². The number of carbonyl (C=O) groups is 5. The number of benzene rings is 2. The quantitative estimate of drug-likeness (QED) is 0.163.